The zero-order valence-corrected chi connectivity index (χ0v) is 15.0. The molecule has 5 nitrogen and oxygen atoms in total. The van der Waals surface area contributed by atoms with Crippen molar-refractivity contribution < 1.29 is 13.5 Å². The third-order valence-electron chi connectivity index (χ3n) is 4.58. The Morgan fingerprint density at radius 2 is 1.86 bits per heavy atom. The smallest absolute Gasteiger partial charge is 0.274 e. The standard InChI is InChI=1S/C21H17F2N3O2/c1-26-11-16(14-6-7-25-20(14)21(26)27)15-8-12(10-24)2-4-18(15)28-19-5-3-13(22)9-17(19)23/h2-9,11,25H,10,24H2,1H3. The second-order valence-electron chi connectivity index (χ2n) is 6.44. The molecular weight excluding hydrogens is 364 g/mol. The number of H-pyrrole nitrogens is 1. The van der Waals surface area contributed by atoms with Crippen LogP contribution in [0.4, 0.5) is 8.78 Å². The van der Waals surface area contributed by atoms with Crippen molar-refractivity contribution in [2.24, 2.45) is 12.8 Å². The molecule has 0 amide bonds. The average Bonchev–Trinajstić information content (AvgIpc) is 3.17. The van der Waals surface area contributed by atoms with Gasteiger partial charge in [-0.15, -0.1) is 0 Å². The fourth-order valence-corrected chi connectivity index (χ4v) is 3.16. The van der Waals surface area contributed by atoms with Crippen LogP contribution >= 0.6 is 0 Å². The minimum Gasteiger partial charge on any atom is -0.454 e. The molecule has 3 N–H and O–H groups in total. The Hall–Kier alpha value is -3.45. The number of aromatic nitrogens is 2. The van der Waals surface area contributed by atoms with Gasteiger partial charge in [-0.05, 0) is 35.9 Å². The van der Waals surface area contributed by atoms with Crippen LogP contribution in [-0.2, 0) is 13.6 Å². The van der Waals surface area contributed by atoms with Crippen molar-refractivity contribution in [1.82, 2.24) is 9.55 Å². The molecule has 2 aromatic heterocycles. The molecule has 0 aliphatic rings. The van der Waals surface area contributed by atoms with E-state index >= 15 is 0 Å². The lowest BCUT2D eigenvalue weighted by Gasteiger charge is -2.15. The van der Waals surface area contributed by atoms with Crippen molar-refractivity contribution in [3.63, 3.8) is 0 Å². The molecule has 4 rings (SSSR count). The van der Waals surface area contributed by atoms with Crippen molar-refractivity contribution in [3.8, 4) is 22.6 Å². The number of pyridine rings is 1. The van der Waals surface area contributed by atoms with Crippen LogP contribution in [0, 0.1) is 11.6 Å². The monoisotopic (exact) mass is 381 g/mol. The van der Waals surface area contributed by atoms with Crippen molar-refractivity contribution in [3.05, 3.63) is 82.4 Å². The van der Waals surface area contributed by atoms with Crippen LogP contribution in [0.2, 0.25) is 0 Å². The van der Waals surface area contributed by atoms with Crippen molar-refractivity contribution in [1.29, 1.82) is 0 Å². The van der Waals surface area contributed by atoms with Crippen LogP contribution in [0.15, 0.2) is 59.7 Å². The van der Waals surface area contributed by atoms with E-state index in [-0.39, 0.29) is 11.3 Å². The number of halogens is 2. The highest BCUT2D eigenvalue weighted by atomic mass is 19.1. The van der Waals surface area contributed by atoms with Gasteiger partial charge in [0.2, 0.25) is 0 Å². The second-order valence-corrected chi connectivity index (χ2v) is 6.44. The molecule has 0 unspecified atom stereocenters. The van der Waals surface area contributed by atoms with Crippen LogP contribution in [0.1, 0.15) is 5.56 Å². The lowest BCUT2D eigenvalue weighted by Crippen LogP contribution is -2.16. The third kappa shape index (κ3) is 3.05. The molecule has 142 valence electrons. The molecule has 4 aromatic rings. The Balaban J connectivity index is 1.93. The van der Waals surface area contributed by atoms with Crippen molar-refractivity contribution >= 4 is 10.9 Å². The number of aromatic amines is 1. The summed E-state index contributed by atoms with van der Waals surface area (Å²) in [7, 11) is 1.65. The Kier molecular flexibility index (Phi) is 4.44. The number of hydrogen-bond acceptors (Lipinski definition) is 3. The van der Waals surface area contributed by atoms with Crippen molar-refractivity contribution in [2.45, 2.75) is 6.54 Å². The van der Waals surface area contributed by atoms with Gasteiger partial charge < -0.3 is 20.0 Å². The summed E-state index contributed by atoms with van der Waals surface area (Å²) in [4.78, 5) is 15.3. The number of ether oxygens (including phenoxy) is 1. The Morgan fingerprint density at radius 1 is 1.07 bits per heavy atom. The highest BCUT2D eigenvalue weighted by Gasteiger charge is 2.16. The SMILES string of the molecule is Cn1cc(-c2cc(CN)ccc2Oc2ccc(F)cc2F)c2cc[nH]c2c1=O. The Morgan fingerprint density at radius 3 is 2.61 bits per heavy atom. The first-order valence-electron chi connectivity index (χ1n) is 8.61. The summed E-state index contributed by atoms with van der Waals surface area (Å²) in [6.45, 7) is 0.306. The molecular formula is C21H17F2N3O2. The maximum absolute atomic E-state index is 14.1. The fraction of sp³-hybridized carbons (Fsp3) is 0.0952. The van der Waals surface area contributed by atoms with Gasteiger partial charge in [-0.1, -0.05) is 6.07 Å². The number of rotatable bonds is 4. The minimum absolute atomic E-state index is 0.0988. The number of nitrogens with one attached hydrogen (secondary N) is 1. The largest absolute Gasteiger partial charge is 0.454 e. The van der Waals surface area contributed by atoms with Gasteiger partial charge in [0.1, 0.15) is 17.1 Å². The lowest BCUT2D eigenvalue weighted by atomic mass is 10.0. The van der Waals surface area contributed by atoms with Gasteiger partial charge in [-0.25, -0.2) is 8.78 Å². The van der Waals surface area contributed by atoms with Crippen LogP contribution < -0.4 is 16.0 Å². The predicted octanol–water partition coefficient (Wildman–Crippen LogP) is 4.06. The van der Waals surface area contributed by atoms with Gasteiger partial charge >= 0.3 is 0 Å². The Labute approximate surface area is 159 Å². The van der Waals surface area contributed by atoms with E-state index in [1.54, 1.807) is 37.6 Å². The zero-order valence-electron chi connectivity index (χ0n) is 15.0. The van der Waals surface area contributed by atoms with E-state index < -0.39 is 11.6 Å². The third-order valence-corrected chi connectivity index (χ3v) is 4.58. The number of nitrogens with zero attached hydrogens (tertiary/aromatic N) is 1. The molecule has 0 aliphatic carbocycles. The number of benzene rings is 2. The number of fused-ring (bicyclic) bond motifs is 1. The molecule has 0 radical (unpaired) electrons. The number of hydrogen-bond donors (Lipinski definition) is 2. The van der Waals surface area contributed by atoms with E-state index in [9.17, 15) is 13.6 Å². The van der Waals surface area contributed by atoms with Crippen LogP contribution in [-0.4, -0.2) is 9.55 Å². The molecule has 0 saturated carbocycles. The summed E-state index contributed by atoms with van der Waals surface area (Å²) in [6.07, 6.45) is 3.38. The summed E-state index contributed by atoms with van der Waals surface area (Å²) >= 11 is 0. The van der Waals surface area contributed by atoms with E-state index in [1.165, 1.54) is 10.6 Å². The lowest BCUT2D eigenvalue weighted by molar-refractivity contribution is 0.439. The molecule has 28 heavy (non-hydrogen) atoms. The molecule has 0 atom stereocenters. The van der Waals surface area contributed by atoms with Gasteiger partial charge in [-0.2, -0.15) is 0 Å². The first-order chi connectivity index (χ1) is 13.5. The molecule has 7 heteroatoms. The van der Waals surface area contributed by atoms with Crippen LogP contribution in [0.25, 0.3) is 22.0 Å². The van der Waals surface area contributed by atoms with Crippen molar-refractivity contribution in [2.75, 3.05) is 0 Å². The summed E-state index contributed by atoms with van der Waals surface area (Å²) < 4.78 is 34.5. The minimum atomic E-state index is -0.805. The zero-order chi connectivity index (χ0) is 19.8. The topological polar surface area (TPSA) is 73.0 Å². The summed E-state index contributed by atoms with van der Waals surface area (Å²) in [5.41, 5.74) is 8.30. The summed E-state index contributed by atoms with van der Waals surface area (Å²) in [5, 5.41) is 0.710. The maximum atomic E-state index is 14.1. The van der Waals surface area contributed by atoms with E-state index in [1.807, 2.05) is 6.07 Å². The molecule has 0 aliphatic heterocycles. The first-order valence-corrected chi connectivity index (χ1v) is 8.61. The summed E-state index contributed by atoms with van der Waals surface area (Å²) in [5.74, 6) is -1.22. The molecule has 0 bridgehead atoms. The van der Waals surface area contributed by atoms with Gasteiger partial charge in [0.25, 0.3) is 5.56 Å². The predicted molar refractivity (Wildman–Crippen MR) is 103 cm³/mol. The molecule has 0 saturated heterocycles. The van der Waals surface area contributed by atoms with Gasteiger partial charge in [-0.3, -0.25) is 4.79 Å². The van der Waals surface area contributed by atoms with Crippen LogP contribution in [0.3, 0.4) is 0 Å². The van der Waals surface area contributed by atoms with Gasteiger partial charge in [0.05, 0.1) is 0 Å². The maximum Gasteiger partial charge on any atom is 0.274 e. The molecule has 0 fully saturated rings. The van der Waals surface area contributed by atoms with Gasteiger partial charge in [0.15, 0.2) is 11.6 Å². The van der Waals surface area contributed by atoms with E-state index in [0.717, 1.165) is 23.3 Å². The highest BCUT2D eigenvalue weighted by Crippen LogP contribution is 2.37. The Bertz CT molecular complexity index is 1240. The highest BCUT2D eigenvalue weighted by molar-refractivity contribution is 5.96. The van der Waals surface area contributed by atoms with E-state index in [0.29, 0.717) is 28.8 Å². The quantitative estimate of drug-likeness (QED) is 0.560. The number of nitrogens with two attached hydrogens (primary N) is 1. The van der Waals surface area contributed by atoms with E-state index in [2.05, 4.69) is 4.98 Å². The molecule has 2 aromatic carbocycles. The van der Waals surface area contributed by atoms with Gasteiger partial charge in [0, 0.05) is 48.6 Å². The molecule has 0 spiro atoms. The fourth-order valence-electron chi connectivity index (χ4n) is 3.16. The first kappa shape index (κ1) is 17.9. The van der Waals surface area contributed by atoms with E-state index in [4.69, 9.17) is 10.5 Å². The van der Waals surface area contributed by atoms with Crippen LogP contribution in [0.5, 0.6) is 11.5 Å². The number of aryl methyl sites for hydroxylation is 1. The second kappa shape index (κ2) is 6.94. The summed E-state index contributed by atoms with van der Waals surface area (Å²) in [6, 6.07) is 10.2. The normalized spacial score (nSPS) is 11.1. The average molecular weight is 381 g/mol. The molecule has 2 heterocycles.